The normalized spacial score (nSPS) is 19.0. The van der Waals surface area contributed by atoms with Crippen molar-refractivity contribution in [2.24, 2.45) is 0 Å². The first kappa shape index (κ1) is 16.8. The fourth-order valence-corrected chi connectivity index (χ4v) is 3.72. The second-order valence-corrected chi connectivity index (χ2v) is 6.90. The molecule has 0 aromatic rings. The molecule has 19 heavy (non-hydrogen) atoms. The van der Waals surface area contributed by atoms with E-state index in [2.05, 4.69) is 4.72 Å². The van der Waals surface area contributed by atoms with Crippen molar-refractivity contribution >= 4 is 10.2 Å². The maximum atomic E-state index is 12.2. The minimum Gasteiger partial charge on any atom is -0.394 e. The minimum absolute atomic E-state index is 0.0694. The summed E-state index contributed by atoms with van der Waals surface area (Å²) in [5.74, 6) is 0. The third-order valence-corrected chi connectivity index (χ3v) is 5.47. The van der Waals surface area contributed by atoms with Gasteiger partial charge < -0.3 is 15.3 Å². The minimum atomic E-state index is -3.85. The molecule has 0 atom stereocenters. The number of hydrogen-bond donors (Lipinski definition) is 4. The van der Waals surface area contributed by atoms with Gasteiger partial charge in [0, 0.05) is 13.1 Å². The average Bonchev–Trinajstić information content (AvgIpc) is 2.45. The molecule has 1 aliphatic carbocycles. The first-order valence-corrected chi connectivity index (χ1v) is 7.94. The van der Waals surface area contributed by atoms with Crippen LogP contribution in [0.5, 0.6) is 0 Å². The number of hydrogen-bond acceptors (Lipinski definition) is 5. The monoisotopic (exact) mass is 296 g/mol. The van der Waals surface area contributed by atoms with Gasteiger partial charge in [0.25, 0.3) is 10.2 Å². The molecule has 114 valence electrons. The van der Waals surface area contributed by atoms with Gasteiger partial charge >= 0.3 is 0 Å². The second-order valence-electron chi connectivity index (χ2n) is 5.17. The summed E-state index contributed by atoms with van der Waals surface area (Å²) in [5.41, 5.74) is -1.62. The van der Waals surface area contributed by atoms with Crippen molar-refractivity contribution in [2.45, 2.75) is 43.7 Å². The van der Waals surface area contributed by atoms with Crippen LogP contribution in [0.4, 0.5) is 0 Å². The van der Waals surface area contributed by atoms with Gasteiger partial charge in [-0.1, -0.05) is 19.3 Å². The summed E-state index contributed by atoms with van der Waals surface area (Å²) in [6.45, 7) is -2.01. The Labute approximate surface area is 114 Å². The maximum Gasteiger partial charge on any atom is 0.280 e. The van der Waals surface area contributed by atoms with E-state index in [0.717, 1.165) is 32.1 Å². The molecule has 7 nitrogen and oxygen atoms in total. The molecule has 0 spiro atoms. The Hall–Kier alpha value is -0.250. The molecule has 4 N–H and O–H groups in total. The van der Waals surface area contributed by atoms with Gasteiger partial charge in [0.05, 0.1) is 19.8 Å². The van der Waals surface area contributed by atoms with Crippen LogP contribution in [0.2, 0.25) is 0 Å². The molecule has 0 aromatic carbocycles. The maximum absolute atomic E-state index is 12.2. The zero-order valence-corrected chi connectivity index (χ0v) is 12.1. The van der Waals surface area contributed by atoms with Crippen molar-refractivity contribution in [3.63, 3.8) is 0 Å². The van der Waals surface area contributed by atoms with Crippen molar-refractivity contribution in [2.75, 3.05) is 26.9 Å². The van der Waals surface area contributed by atoms with Gasteiger partial charge in [-0.15, -0.1) is 0 Å². The highest BCUT2D eigenvalue weighted by atomic mass is 32.2. The van der Waals surface area contributed by atoms with Crippen LogP contribution in [0.1, 0.15) is 32.1 Å². The molecule has 0 amide bonds. The summed E-state index contributed by atoms with van der Waals surface area (Å²) in [7, 11) is -2.37. The van der Waals surface area contributed by atoms with Crippen molar-refractivity contribution < 1.29 is 23.7 Å². The van der Waals surface area contributed by atoms with Gasteiger partial charge in [0.15, 0.2) is 0 Å². The molecular weight excluding hydrogens is 272 g/mol. The van der Waals surface area contributed by atoms with Crippen LogP contribution >= 0.6 is 0 Å². The Bertz CT molecular complexity index is 355. The van der Waals surface area contributed by atoms with Gasteiger partial charge in [-0.2, -0.15) is 17.4 Å². The number of aliphatic hydroxyl groups is 3. The van der Waals surface area contributed by atoms with E-state index in [1.807, 2.05) is 0 Å². The van der Waals surface area contributed by atoms with Gasteiger partial charge in [0.2, 0.25) is 0 Å². The molecule has 0 aromatic heterocycles. The standard InChI is InChI=1S/C11H24N2O5S/c1-13(10-5-3-2-4-6-10)19(17,18)12-11(7-14,8-15)9-16/h10,12,14-16H,2-9H2,1H3. The van der Waals surface area contributed by atoms with Crippen LogP contribution in [0.3, 0.4) is 0 Å². The predicted molar refractivity (Wildman–Crippen MR) is 70.7 cm³/mol. The fraction of sp³-hybridized carbons (Fsp3) is 1.00. The summed E-state index contributed by atoms with van der Waals surface area (Å²) >= 11 is 0. The highest BCUT2D eigenvalue weighted by Crippen LogP contribution is 2.23. The third-order valence-electron chi connectivity index (χ3n) is 3.72. The van der Waals surface area contributed by atoms with E-state index in [0.29, 0.717) is 0 Å². The van der Waals surface area contributed by atoms with E-state index < -0.39 is 35.6 Å². The van der Waals surface area contributed by atoms with E-state index in [1.165, 1.54) is 11.4 Å². The topological polar surface area (TPSA) is 110 Å². The zero-order chi connectivity index (χ0) is 14.5. The van der Waals surface area contributed by atoms with Crippen LogP contribution in [0, 0.1) is 0 Å². The zero-order valence-electron chi connectivity index (χ0n) is 11.2. The molecule has 1 fully saturated rings. The Morgan fingerprint density at radius 1 is 1.11 bits per heavy atom. The van der Waals surface area contributed by atoms with Gasteiger partial charge in [-0.3, -0.25) is 0 Å². The molecule has 0 radical (unpaired) electrons. The lowest BCUT2D eigenvalue weighted by molar-refractivity contribution is 0.0565. The van der Waals surface area contributed by atoms with Crippen molar-refractivity contribution in [1.29, 1.82) is 0 Å². The molecule has 0 unspecified atom stereocenters. The van der Waals surface area contributed by atoms with Crippen molar-refractivity contribution in [3.05, 3.63) is 0 Å². The molecule has 0 saturated heterocycles. The van der Waals surface area contributed by atoms with E-state index >= 15 is 0 Å². The van der Waals surface area contributed by atoms with E-state index in [-0.39, 0.29) is 6.04 Å². The number of nitrogens with one attached hydrogen (secondary N) is 1. The quantitative estimate of drug-likeness (QED) is 0.472. The fourth-order valence-electron chi connectivity index (χ4n) is 2.23. The highest BCUT2D eigenvalue weighted by molar-refractivity contribution is 7.87. The summed E-state index contributed by atoms with van der Waals surface area (Å²) in [4.78, 5) is 0. The van der Waals surface area contributed by atoms with Gasteiger partial charge in [-0.25, -0.2) is 0 Å². The molecule has 1 aliphatic rings. The lowest BCUT2D eigenvalue weighted by Gasteiger charge is -2.35. The molecule has 1 saturated carbocycles. The van der Waals surface area contributed by atoms with Gasteiger partial charge in [-0.05, 0) is 12.8 Å². The van der Waals surface area contributed by atoms with E-state index in [4.69, 9.17) is 15.3 Å². The second kappa shape index (κ2) is 6.96. The molecule has 0 heterocycles. The Kier molecular flexibility index (Phi) is 6.15. The molecular formula is C11H24N2O5S. The Morgan fingerprint density at radius 3 is 2.00 bits per heavy atom. The van der Waals surface area contributed by atoms with Crippen LogP contribution in [-0.2, 0) is 10.2 Å². The van der Waals surface area contributed by atoms with Crippen LogP contribution < -0.4 is 4.72 Å². The lowest BCUT2D eigenvalue weighted by Crippen LogP contribution is -2.60. The molecule has 0 bridgehead atoms. The molecule has 0 aliphatic heterocycles. The van der Waals surface area contributed by atoms with Crippen LogP contribution in [0.15, 0.2) is 0 Å². The number of nitrogens with zero attached hydrogens (tertiary/aromatic N) is 1. The van der Waals surface area contributed by atoms with Crippen molar-refractivity contribution in [3.8, 4) is 0 Å². The molecule has 1 rings (SSSR count). The van der Waals surface area contributed by atoms with E-state index in [9.17, 15) is 8.42 Å². The number of rotatable bonds is 7. The molecule has 8 heteroatoms. The average molecular weight is 296 g/mol. The van der Waals surface area contributed by atoms with Gasteiger partial charge in [0.1, 0.15) is 5.54 Å². The van der Waals surface area contributed by atoms with Crippen LogP contribution in [-0.4, -0.2) is 66.5 Å². The number of aliphatic hydroxyl groups excluding tert-OH is 3. The summed E-state index contributed by atoms with van der Waals surface area (Å²) in [6, 6.07) is -0.0694. The third kappa shape index (κ3) is 4.11. The lowest BCUT2D eigenvalue weighted by atomic mass is 9.96. The predicted octanol–water partition coefficient (Wildman–Crippen LogP) is -1.20. The SMILES string of the molecule is CN(C1CCCCC1)S(=O)(=O)NC(CO)(CO)CO. The first-order valence-electron chi connectivity index (χ1n) is 6.50. The summed E-state index contributed by atoms with van der Waals surface area (Å²) < 4.78 is 27.8. The summed E-state index contributed by atoms with van der Waals surface area (Å²) in [5, 5.41) is 27.5. The Balaban J connectivity index is 2.78. The largest absolute Gasteiger partial charge is 0.394 e. The van der Waals surface area contributed by atoms with Crippen molar-refractivity contribution in [1.82, 2.24) is 9.03 Å². The van der Waals surface area contributed by atoms with Crippen LogP contribution in [0.25, 0.3) is 0 Å². The van der Waals surface area contributed by atoms with E-state index in [1.54, 1.807) is 0 Å². The Morgan fingerprint density at radius 2 is 1.58 bits per heavy atom. The first-order chi connectivity index (χ1) is 8.90. The smallest absolute Gasteiger partial charge is 0.280 e. The highest BCUT2D eigenvalue weighted by Gasteiger charge is 2.37. The summed E-state index contributed by atoms with van der Waals surface area (Å²) in [6.07, 6.45) is 4.72.